The Kier molecular flexibility index (Phi) is 2.53. The molecule has 0 aromatic rings. The Bertz CT molecular complexity index is 136. The number of nitrogens with one attached hydrogen (secondary N) is 1. The number of hydrogen-bond acceptors (Lipinski definition) is 1. The summed E-state index contributed by atoms with van der Waals surface area (Å²) < 4.78 is 13.4. The molecule has 1 nitrogen and oxygen atoms in total. The predicted octanol–water partition coefficient (Wildman–Crippen LogP) is 2.12. The third kappa shape index (κ3) is 1.56. The topological polar surface area (TPSA) is 12.0 Å². The van der Waals surface area contributed by atoms with E-state index in [1.165, 1.54) is 0 Å². The maximum atomic E-state index is 13.4. The van der Waals surface area contributed by atoms with E-state index in [4.69, 9.17) is 0 Å². The van der Waals surface area contributed by atoms with Crippen LogP contribution in [0.25, 0.3) is 0 Å². The van der Waals surface area contributed by atoms with E-state index in [1.807, 2.05) is 6.92 Å². The quantitative estimate of drug-likeness (QED) is 0.618. The van der Waals surface area contributed by atoms with Crippen molar-refractivity contribution in [3.05, 3.63) is 0 Å². The van der Waals surface area contributed by atoms with Crippen LogP contribution in [-0.2, 0) is 0 Å². The lowest BCUT2D eigenvalue weighted by molar-refractivity contribution is 0.0821. The molecule has 2 atom stereocenters. The van der Waals surface area contributed by atoms with Crippen LogP contribution in [0.3, 0.4) is 0 Å². The van der Waals surface area contributed by atoms with Crippen LogP contribution in [0.4, 0.5) is 4.39 Å². The van der Waals surface area contributed by atoms with Gasteiger partial charge in [0.05, 0.1) is 0 Å². The lowest BCUT2D eigenvalue weighted by Gasteiger charge is -2.41. The van der Waals surface area contributed by atoms with Crippen LogP contribution in [0.15, 0.2) is 0 Å². The third-order valence-corrected chi connectivity index (χ3v) is 2.99. The second-order valence-electron chi connectivity index (χ2n) is 3.97. The molecule has 0 radical (unpaired) electrons. The zero-order valence-electron chi connectivity index (χ0n) is 7.65. The maximum Gasteiger partial charge on any atom is 0.118 e. The fourth-order valence-corrected chi connectivity index (χ4v) is 1.62. The minimum atomic E-state index is -0.670. The Hall–Kier alpha value is -0.110. The van der Waals surface area contributed by atoms with E-state index in [-0.39, 0.29) is 5.54 Å². The normalized spacial score (nSPS) is 39.5. The van der Waals surface area contributed by atoms with Crippen molar-refractivity contribution in [1.29, 1.82) is 0 Å². The third-order valence-electron chi connectivity index (χ3n) is 2.99. The summed E-state index contributed by atoms with van der Waals surface area (Å²) in [6.45, 7) is 7.10. The van der Waals surface area contributed by atoms with E-state index < -0.39 is 6.17 Å². The van der Waals surface area contributed by atoms with Crippen molar-refractivity contribution in [2.75, 3.05) is 6.54 Å². The molecule has 0 aromatic heterocycles. The first-order chi connectivity index (χ1) is 5.07. The van der Waals surface area contributed by atoms with E-state index in [0.29, 0.717) is 5.92 Å². The van der Waals surface area contributed by atoms with Gasteiger partial charge < -0.3 is 5.32 Å². The number of halogens is 1. The summed E-state index contributed by atoms with van der Waals surface area (Å²) in [6.07, 6.45) is 1.03. The Morgan fingerprint density at radius 3 is 2.55 bits per heavy atom. The molecule has 1 N–H and O–H groups in total. The van der Waals surface area contributed by atoms with Crippen LogP contribution >= 0.6 is 0 Å². The first-order valence-corrected chi connectivity index (χ1v) is 4.46. The van der Waals surface area contributed by atoms with Gasteiger partial charge in [-0.2, -0.15) is 0 Å². The minimum absolute atomic E-state index is 0.280. The molecular weight excluding hydrogens is 141 g/mol. The van der Waals surface area contributed by atoms with Gasteiger partial charge in [-0.3, -0.25) is 0 Å². The van der Waals surface area contributed by atoms with Gasteiger partial charge >= 0.3 is 0 Å². The molecule has 1 rings (SSSR count). The molecule has 0 spiro atoms. The van der Waals surface area contributed by atoms with Crippen molar-refractivity contribution in [2.24, 2.45) is 5.92 Å². The largest absolute Gasteiger partial charge is 0.309 e. The van der Waals surface area contributed by atoms with E-state index in [0.717, 1.165) is 19.4 Å². The van der Waals surface area contributed by atoms with Gasteiger partial charge in [0, 0.05) is 5.54 Å². The molecule has 2 unspecified atom stereocenters. The zero-order valence-corrected chi connectivity index (χ0v) is 7.65. The van der Waals surface area contributed by atoms with Crippen LogP contribution < -0.4 is 5.32 Å². The van der Waals surface area contributed by atoms with Crippen LogP contribution in [0.5, 0.6) is 0 Å². The molecule has 1 fully saturated rings. The van der Waals surface area contributed by atoms with Crippen molar-refractivity contribution in [1.82, 2.24) is 5.32 Å². The van der Waals surface area contributed by atoms with Crippen LogP contribution in [0, 0.1) is 5.92 Å². The highest BCUT2D eigenvalue weighted by Gasteiger charge is 2.38. The summed E-state index contributed by atoms with van der Waals surface area (Å²) in [5.74, 6) is 0.373. The predicted molar refractivity (Wildman–Crippen MR) is 45.4 cm³/mol. The molecule has 1 aliphatic heterocycles. The SMILES string of the molecule is CC(C)C1(C)NCCCC1F. The first-order valence-electron chi connectivity index (χ1n) is 4.46. The van der Waals surface area contributed by atoms with Gasteiger partial charge in [0.15, 0.2) is 0 Å². The van der Waals surface area contributed by atoms with E-state index >= 15 is 0 Å². The van der Waals surface area contributed by atoms with E-state index in [9.17, 15) is 4.39 Å². The van der Waals surface area contributed by atoms with Crippen molar-refractivity contribution in [3.8, 4) is 0 Å². The van der Waals surface area contributed by atoms with Crippen molar-refractivity contribution in [3.63, 3.8) is 0 Å². The molecule has 0 aromatic carbocycles. The van der Waals surface area contributed by atoms with Gasteiger partial charge in [-0.1, -0.05) is 13.8 Å². The fraction of sp³-hybridized carbons (Fsp3) is 1.00. The number of hydrogen-bond donors (Lipinski definition) is 1. The molecule has 1 aliphatic rings. The molecule has 0 aliphatic carbocycles. The second kappa shape index (κ2) is 3.10. The number of alkyl halides is 1. The Balaban J connectivity index is 2.64. The van der Waals surface area contributed by atoms with E-state index in [2.05, 4.69) is 19.2 Å². The van der Waals surface area contributed by atoms with Gasteiger partial charge in [-0.05, 0) is 32.2 Å². The van der Waals surface area contributed by atoms with E-state index in [1.54, 1.807) is 0 Å². The van der Waals surface area contributed by atoms with Gasteiger partial charge in [-0.15, -0.1) is 0 Å². The minimum Gasteiger partial charge on any atom is -0.309 e. The molecule has 1 heterocycles. The van der Waals surface area contributed by atoms with Gasteiger partial charge in [0.1, 0.15) is 6.17 Å². The lowest BCUT2D eigenvalue weighted by atomic mass is 9.80. The highest BCUT2D eigenvalue weighted by atomic mass is 19.1. The standard InChI is InChI=1S/C9H18FN/c1-7(2)9(3)8(10)5-4-6-11-9/h7-8,11H,4-6H2,1-3H3. The van der Waals surface area contributed by atoms with Gasteiger partial charge in [0.25, 0.3) is 0 Å². The highest BCUT2D eigenvalue weighted by Crippen LogP contribution is 2.29. The number of rotatable bonds is 1. The van der Waals surface area contributed by atoms with Crippen LogP contribution in [-0.4, -0.2) is 18.3 Å². The molecule has 11 heavy (non-hydrogen) atoms. The maximum absolute atomic E-state index is 13.4. The molecule has 0 saturated carbocycles. The molecule has 0 bridgehead atoms. The Labute approximate surface area is 68.4 Å². The lowest BCUT2D eigenvalue weighted by Crippen LogP contribution is -2.57. The Morgan fingerprint density at radius 1 is 1.55 bits per heavy atom. The average molecular weight is 159 g/mol. The van der Waals surface area contributed by atoms with Crippen LogP contribution in [0.2, 0.25) is 0 Å². The second-order valence-corrected chi connectivity index (χ2v) is 3.97. The summed E-state index contributed by atoms with van der Waals surface area (Å²) in [5, 5.41) is 3.27. The molecule has 66 valence electrons. The molecule has 0 amide bonds. The van der Waals surface area contributed by atoms with Gasteiger partial charge in [-0.25, -0.2) is 4.39 Å². The van der Waals surface area contributed by atoms with Crippen molar-refractivity contribution in [2.45, 2.75) is 45.3 Å². The first kappa shape index (κ1) is 8.98. The highest BCUT2D eigenvalue weighted by molar-refractivity contribution is 4.96. The number of piperidine rings is 1. The summed E-state index contributed by atoms with van der Waals surface area (Å²) >= 11 is 0. The summed E-state index contributed by atoms with van der Waals surface area (Å²) in [5.41, 5.74) is -0.280. The van der Waals surface area contributed by atoms with Crippen molar-refractivity contribution >= 4 is 0 Å². The molecular formula is C9H18FN. The summed E-state index contributed by atoms with van der Waals surface area (Å²) in [4.78, 5) is 0. The van der Waals surface area contributed by atoms with Crippen molar-refractivity contribution < 1.29 is 4.39 Å². The van der Waals surface area contributed by atoms with Crippen LogP contribution in [0.1, 0.15) is 33.6 Å². The molecule has 1 saturated heterocycles. The fourth-order valence-electron chi connectivity index (χ4n) is 1.62. The van der Waals surface area contributed by atoms with Gasteiger partial charge in [0.2, 0.25) is 0 Å². The zero-order chi connectivity index (χ0) is 8.48. The smallest absolute Gasteiger partial charge is 0.118 e. The Morgan fingerprint density at radius 2 is 2.18 bits per heavy atom. The monoisotopic (exact) mass is 159 g/mol. The average Bonchev–Trinajstić information content (AvgIpc) is 1.95. The summed E-state index contributed by atoms with van der Waals surface area (Å²) in [7, 11) is 0. The molecule has 2 heteroatoms. The summed E-state index contributed by atoms with van der Waals surface area (Å²) in [6, 6.07) is 0.